The Morgan fingerprint density at radius 1 is 1.19 bits per heavy atom. The van der Waals surface area contributed by atoms with Crippen LogP contribution < -0.4 is 0 Å². The number of carboxylic acids is 1. The summed E-state index contributed by atoms with van der Waals surface area (Å²) < 4.78 is 2.51. The number of hydrogen-bond acceptors (Lipinski definition) is 3. The lowest BCUT2D eigenvalue weighted by Crippen LogP contribution is -2.53. The van der Waals surface area contributed by atoms with Crippen LogP contribution in [0.15, 0.2) is 10.1 Å². The van der Waals surface area contributed by atoms with Crippen molar-refractivity contribution in [1.82, 2.24) is 0 Å². The molecule has 10 heteroatoms. The zero-order valence-electron chi connectivity index (χ0n) is 10.4. The fourth-order valence-corrected chi connectivity index (χ4v) is 5.89. The summed E-state index contributed by atoms with van der Waals surface area (Å²) in [4.78, 5) is 19.7. The van der Waals surface area contributed by atoms with Crippen LogP contribution in [0.5, 0.6) is 0 Å². The molecule has 0 radical (unpaired) electrons. The van der Waals surface area contributed by atoms with E-state index >= 15 is 0 Å². The molecular weight excluding hydrogens is 409 g/mol. The Labute approximate surface area is 150 Å². The number of carbonyl (C=O) groups excluding carboxylic acids is 1. The fourth-order valence-electron chi connectivity index (χ4n) is 2.91. The van der Waals surface area contributed by atoms with Crippen LogP contribution in [-0.2, 0) is 14.3 Å². The Hall–Kier alpha value is 0.420. The Morgan fingerprint density at radius 3 is 2.05 bits per heavy atom. The predicted octanol–water partition coefficient (Wildman–Crippen LogP) is 3.86. The van der Waals surface area contributed by atoms with E-state index in [-0.39, 0.29) is 16.5 Å². The number of methoxy groups -OCH3 is 1. The summed E-state index contributed by atoms with van der Waals surface area (Å²) in [5.41, 5.74) is -1.94. The lowest BCUT2D eigenvalue weighted by molar-refractivity contribution is -0.158. The summed E-state index contributed by atoms with van der Waals surface area (Å²) in [5.74, 6) is -2.23. The molecular formula is C11H8Cl6O4. The molecule has 1 N–H and O–H groups in total. The number of esters is 1. The molecule has 2 aliphatic rings. The molecule has 21 heavy (non-hydrogen) atoms. The summed E-state index contributed by atoms with van der Waals surface area (Å²) >= 11 is 37.3. The Kier molecular flexibility index (Phi) is 4.19. The zero-order valence-corrected chi connectivity index (χ0v) is 14.9. The van der Waals surface area contributed by atoms with Gasteiger partial charge in [0.15, 0.2) is 4.33 Å². The molecule has 2 bridgehead atoms. The van der Waals surface area contributed by atoms with Crippen LogP contribution >= 0.6 is 69.6 Å². The maximum Gasteiger partial charge on any atom is 0.312 e. The maximum atomic E-state index is 11.9. The second kappa shape index (κ2) is 4.96. The van der Waals surface area contributed by atoms with Gasteiger partial charge in [-0.15, -0.1) is 23.2 Å². The minimum absolute atomic E-state index is 0.118. The van der Waals surface area contributed by atoms with Gasteiger partial charge >= 0.3 is 11.9 Å². The largest absolute Gasteiger partial charge is 0.481 e. The highest BCUT2D eigenvalue weighted by Crippen LogP contribution is 2.78. The highest BCUT2D eigenvalue weighted by Gasteiger charge is 2.86. The first-order valence-corrected chi connectivity index (χ1v) is 7.81. The summed E-state index contributed by atoms with van der Waals surface area (Å²) in [6.07, 6.45) is -0.962. The molecule has 0 aromatic rings. The molecule has 0 aromatic carbocycles. The smallest absolute Gasteiger partial charge is 0.312 e. The van der Waals surface area contributed by atoms with E-state index in [0.29, 0.717) is 0 Å². The topological polar surface area (TPSA) is 63.6 Å². The summed E-state index contributed by atoms with van der Waals surface area (Å²) in [7, 11) is 1.11. The van der Waals surface area contributed by atoms with Gasteiger partial charge in [-0.1, -0.05) is 46.4 Å². The van der Waals surface area contributed by atoms with E-state index in [2.05, 4.69) is 4.74 Å². The minimum atomic E-state index is -2.05. The van der Waals surface area contributed by atoms with E-state index in [1.807, 2.05) is 0 Å². The second-order valence-corrected chi connectivity index (χ2v) is 8.27. The van der Waals surface area contributed by atoms with E-state index in [4.69, 9.17) is 69.6 Å². The summed E-state index contributed by atoms with van der Waals surface area (Å²) in [6, 6.07) is 0. The molecule has 1 fully saturated rings. The standard InChI is InChI=1S/C11H8Cl6O4/c1-21-4(18)2-8(7(19)20)3-9(14)5(12)6(13)10(8,15)11(9,16)17/h2-3H2,1H3,(H,19,20). The molecule has 2 aliphatic carbocycles. The summed E-state index contributed by atoms with van der Waals surface area (Å²) in [5, 5.41) is 9.26. The van der Waals surface area contributed by atoms with E-state index in [9.17, 15) is 14.7 Å². The average molecular weight is 417 g/mol. The zero-order chi connectivity index (χ0) is 16.4. The lowest BCUT2D eigenvalue weighted by atomic mass is 9.72. The van der Waals surface area contributed by atoms with Crippen molar-refractivity contribution in [2.75, 3.05) is 7.11 Å². The predicted molar refractivity (Wildman–Crippen MR) is 81.7 cm³/mol. The highest BCUT2D eigenvalue weighted by atomic mass is 35.5. The van der Waals surface area contributed by atoms with Crippen LogP contribution in [0.1, 0.15) is 12.8 Å². The quantitative estimate of drug-likeness (QED) is 0.560. The van der Waals surface area contributed by atoms with Gasteiger partial charge in [0.1, 0.15) is 15.2 Å². The minimum Gasteiger partial charge on any atom is -0.481 e. The van der Waals surface area contributed by atoms with E-state index < -0.39 is 37.9 Å². The molecule has 3 unspecified atom stereocenters. The number of aliphatic carboxylic acids is 1. The lowest BCUT2D eigenvalue weighted by Gasteiger charge is -2.40. The van der Waals surface area contributed by atoms with Crippen LogP contribution in [0.4, 0.5) is 0 Å². The first-order valence-electron chi connectivity index (χ1n) is 5.54. The van der Waals surface area contributed by atoms with Crippen molar-refractivity contribution in [1.29, 1.82) is 0 Å². The van der Waals surface area contributed by atoms with Gasteiger partial charge in [-0.05, 0) is 6.42 Å². The van der Waals surface area contributed by atoms with Crippen molar-refractivity contribution in [3.05, 3.63) is 10.1 Å². The number of allylic oxidation sites excluding steroid dienone is 2. The van der Waals surface area contributed by atoms with Crippen molar-refractivity contribution in [3.8, 4) is 0 Å². The number of halogens is 6. The molecule has 2 rings (SSSR count). The number of alkyl halides is 4. The van der Waals surface area contributed by atoms with Gasteiger partial charge in [0.2, 0.25) is 0 Å². The maximum absolute atomic E-state index is 11.9. The van der Waals surface area contributed by atoms with Gasteiger partial charge < -0.3 is 9.84 Å². The van der Waals surface area contributed by atoms with Gasteiger partial charge in [0, 0.05) is 0 Å². The van der Waals surface area contributed by atoms with Gasteiger partial charge in [0.05, 0.1) is 23.6 Å². The van der Waals surface area contributed by atoms with E-state index in [0.717, 1.165) is 7.11 Å². The number of carbonyl (C=O) groups is 2. The molecule has 0 aromatic heterocycles. The molecule has 0 amide bonds. The fraction of sp³-hybridized carbons (Fsp3) is 0.636. The number of carboxylic acid groups (broad SMARTS) is 1. The molecule has 4 nitrogen and oxygen atoms in total. The van der Waals surface area contributed by atoms with Crippen LogP contribution in [0, 0.1) is 5.41 Å². The molecule has 0 saturated heterocycles. The number of ether oxygens (including phenoxy) is 1. The van der Waals surface area contributed by atoms with Gasteiger partial charge in [-0.2, -0.15) is 0 Å². The van der Waals surface area contributed by atoms with Crippen molar-refractivity contribution >= 4 is 81.5 Å². The van der Waals surface area contributed by atoms with Crippen LogP contribution in [0.2, 0.25) is 0 Å². The first-order chi connectivity index (χ1) is 9.42. The van der Waals surface area contributed by atoms with Gasteiger partial charge in [-0.25, -0.2) is 0 Å². The Bertz CT molecular complexity index is 575. The van der Waals surface area contributed by atoms with Crippen LogP contribution in [0.3, 0.4) is 0 Å². The van der Waals surface area contributed by atoms with Crippen LogP contribution in [-0.4, -0.2) is 38.2 Å². The molecule has 0 heterocycles. The Morgan fingerprint density at radius 2 is 1.71 bits per heavy atom. The average Bonchev–Trinajstić information content (AvgIpc) is 2.59. The van der Waals surface area contributed by atoms with Crippen LogP contribution in [0.25, 0.3) is 0 Å². The van der Waals surface area contributed by atoms with Gasteiger partial charge in [-0.3, -0.25) is 9.59 Å². The van der Waals surface area contributed by atoms with Crippen molar-refractivity contribution in [2.45, 2.75) is 26.9 Å². The van der Waals surface area contributed by atoms with E-state index in [1.165, 1.54) is 0 Å². The third-order valence-corrected chi connectivity index (χ3v) is 8.38. The molecule has 118 valence electrons. The normalized spacial score (nSPS) is 40.5. The van der Waals surface area contributed by atoms with Gasteiger partial charge in [0.25, 0.3) is 0 Å². The third kappa shape index (κ3) is 1.78. The molecule has 3 atom stereocenters. The number of fused-ring (bicyclic) bond motifs is 2. The number of hydrogen-bond donors (Lipinski definition) is 1. The second-order valence-electron chi connectivity index (χ2n) is 4.98. The summed E-state index contributed by atoms with van der Waals surface area (Å²) in [6.45, 7) is 0. The Balaban J connectivity index is 2.73. The van der Waals surface area contributed by atoms with Crippen molar-refractivity contribution < 1.29 is 19.4 Å². The molecule has 1 saturated carbocycles. The van der Waals surface area contributed by atoms with E-state index in [1.54, 1.807) is 0 Å². The first kappa shape index (κ1) is 17.8. The molecule has 0 spiro atoms. The number of rotatable bonds is 3. The van der Waals surface area contributed by atoms with Crippen molar-refractivity contribution in [3.63, 3.8) is 0 Å². The SMILES string of the molecule is COC(=O)CC1(C(=O)O)CC2(Cl)C(Cl)=C(Cl)C1(Cl)C2(Cl)Cl. The highest BCUT2D eigenvalue weighted by molar-refractivity contribution is 6.66. The molecule has 0 aliphatic heterocycles. The monoisotopic (exact) mass is 414 g/mol. The third-order valence-electron chi connectivity index (χ3n) is 4.06. The van der Waals surface area contributed by atoms with Crippen molar-refractivity contribution in [2.24, 2.45) is 5.41 Å².